The predicted octanol–water partition coefficient (Wildman–Crippen LogP) is 32.2. The van der Waals surface area contributed by atoms with E-state index in [1.54, 1.807) is 4.70 Å². The molecule has 1 heterocycles. The first-order chi connectivity index (χ1) is 46.0. The fourth-order valence-corrected chi connectivity index (χ4v) is 15.3. The van der Waals surface area contributed by atoms with Gasteiger partial charge in [-0.15, -0.1) is 0 Å². The average Bonchev–Trinajstić information content (AvgIpc) is 1.61. The lowest BCUT2D eigenvalue weighted by Crippen LogP contribution is -2.09. The number of benzene rings is 2. The fourth-order valence-electron chi connectivity index (χ4n) is 15.3. The number of nitrogens with zero attached hydrogens (tertiary/aromatic N) is 2. The Balaban J connectivity index is 1.58. The summed E-state index contributed by atoms with van der Waals surface area (Å²) in [6.07, 6.45) is 95.3. The van der Waals surface area contributed by atoms with Gasteiger partial charge < -0.3 is 5.53 Å². The van der Waals surface area contributed by atoms with Crippen LogP contribution in [-0.2, 0) is 12.8 Å². The summed E-state index contributed by atoms with van der Waals surface area (Å²) in [6, 6.07) is 18.6. The minimum absolute atomic E-state index is 0.690. The number of rotatable bonds is 69. The Morgan fingerprint density at radius 1 is 0.269 bits per heavy atom. The van der Waals surface area contributed by atoms with Crippen LogP contribution >= 0.6 is 0 Å². The Morgan fingerprint density at radius 3 is 0.817 bits per heavy atom. The van der Waals surface area contributed by atoms with Crippen molar-refractivity contribution in [2.24, 2.45) is 11.8 Å². The maximum Gasteiger partial charge on any atom is 0.211 e. The van der Waals surface area contributed by atoms with E-state index in [2.05, 4.69) is 114 Å². The Bertz CT molecular complexity index is 2130. The minimum Gasteiger partial charge on any atom is -0.493 e. The van der Waals surface area contributed by atoms with Gasteiger partial charge in [-0.05, 0) is 125 Å². The van der Waals surface area contributed by atoms with Crippen molar-refractivity contribution in [1.29, 1.82) is 0 Å². The van der Waals surface area contributed by atoms with Gasteiger partial charge in [-0.2, -0.15) is 0 Å². The summed E-state index contributed by atoms with van der Waals surface area (Å²) >= 11 is 0. The Labute approximate surface area is 582 Å². The molecule has 0 fully saturated rings. The van der Waals surface area contributed by atoms with Crippen LogP contribution in [0.3, 0.4) is 0 Å². The van der Waals surface area contributed by atoms with Gasteiger partial charge in [0.1, 0.15) is 0 Å². The summed E-state index contributed by atoms with van der Waals surface area (Å²) in [5, 5.41) is 0. The second-order valence-corrected chi connectivity index (χ2v) is 30.1. The van der Waals surface area contributed by atoms with Crippen LogP contribution in [0.25, 0.3) is 16.9 Å². The zero-order chi connectivity index (χ0) is 66.4. The third-order valence-corrected chi connectivity index (χ3v) is 21.5. The summed E-state index contributed by atoms with van der Waals surface area (Å²) in [6.45, 7) is 14.0. The van der Waals surface area contributed by atoms with E-state index in [1.807, 2.05) is 0 Å². The van der Waals surface area contributed by atoms with Gasteiger partial charge >= 0.3 is 0 Å². The second kappa shape index (κ2) is 62.5. The van der Waals surface area contributed by atoms with Crippen LogP contribution in [0.15, 0.2) is 84.0 Å². The number of aryl methyl sites for hydroxylation is 2. The molecule has 2 aromatic carbocycles. The maximum atomic E-state index is 13.1. The van der Waals surface area contributed by atoms with Crippen LogP contribution < -0.4 is 0 Å². The first kappa shape index (κ1) is 84.2. The maximum absolute atomic E-state index is 13.1. The van der Waals surface area contributed by atoms with Gasteiger partial charge in [-0.1, -0.05) is 417 Å². The monoisotopic (exact) mass is 1280 g/mol. The lowest BCUT2D eigenvalue weighted by atomic mass is 9.87. The van der Waals surface area contributed by atoms with Crippen LogP contribution in [0.4, 0.5) is 0 Å². The smallest absolute Gasteiger partial charge is 0.211 e. The second-order valence-electron chi connectivity index (χ2n) is 30.1. The summed E-state index contributed by atoms with van der Waals surface area (Å²) in [5.74, 6) is 1.38. The average molecular weight is 1280 g/mol. The number of unbranched alkanes of at least 4 members (excludes halogenated alkanes) is 47. The lowest BCUT2D eigenvalue weighted by molar-refractivity contribution is -0.345. The summed E-state index contributed by atoms with van der Waals surface area (Å²) in [4.78, 5) is 0. The molecule has 2 heteroatoms. The summed E-state index contributed by atoms with van der Waals surface area (Å²) < 4.78 is 1.74. The molecule has 0 spiro atoms. The molecule has 1 aliphatic rings. The highest BCUT2D eigenvalue weighted by Crippen LogP contribution is 2.46. The van der Waals surface area contributed by atoms with E-state index >= 15 is 0 Å². The SMILES string of the molecule is CCCCCCCCCCCCCCCCCCCCCC=CCC(CCCC)CCc1ccccc1C1=C(CCCCC)C(CCCCCCCC)=C(c2ccccc2CCC(CC=CCCCCCCCCCCCCCCCCCCCCC)CCCC)[N+]1=[N-]. The van der Waals surface area contributed by atoms with Gasteiger partial charge in [0.05, 0.1) is 0 Å². The molecule has 2 unspecified atom stereocenters. The van der Waals surface area contributed by atoms with E-state index < -0.39 is 0 Å². The van der Waals surface area contributed by atoms with E-state index in [9.17, 15) is 5.53 Å². The zero-order valence-electron chi connectivity index (χ0n) is 63.5. The van der Waals surface area contributed by atoms with Crippen molar-refractivity contribution in [2.45, 2.75) is 446 Å². The molecule has 1 aliphatic heterocycles. The Kier molecular flexibility index (Phi) is 56.6. The fraction of sp³-hybridized carbons (Fsp3) is 0.780. The standard InChI is InChI=1S/C91H158N2/c1-7-13-19-22-25-27-29-31-33-35-37-39-41-43-45-47-49-51-53-55-57-61-70-82(68-17-11-5)78-80-84-72-64-66-74-86(84)90-88(76-60-16-10-4)89(77-63-59-24-21-15-9-3)91(93(90)92)87-75-67-65-73-85(87)81-79-83(69-18-12-6)71-62-58-56-54-52-50-48-46-44-42-40-38-36-34-32-30-28-26-23-20-14-8-2/h57-58,61-62,64-67,72-75,82-83H,7-56,59-60,63,68-71,76-81H2,1-6H3. The van der Waals surface area contributed by atoms with Gasteiger partial charge in [0.15, 0.2) is 0 Å². The van der Waals surface area contributed by atoms with Crippen molar-refractivity contribution in [2.75, 3.05) is 0 Å². The molecule has 0 radical (unpaired) electrons. The Hall–Kier alpha value is -3.00. The van der Waals surface area contributed by atoms with Crippen molar-refractivity contribution in [3.63, 3.8) is 0 Å². The van der Waals surface area contributed by atoms with Crippen LogP contribution in [-0.4, -0.2) is 4.70 Å². The molecule has 0 saturated heterocycles. The van der Waals surface area contributed by atoms with Gasteiger partial charge in [0.2, 0.25) is 11.4 Å². The summed E-state index contributed by atoms with van der Waals surface area (Å²) in [5.41, 5.74) is 23.5. The molecule has 0 aromatic heterocycles. The summed E-state index contributed by atoms with van der Waals surface area (Å²) in [7, 11) is 0. The predicted molar refractivity (Wildman–Crippen MR) is 419 cm³/mol. The largest absolute Gasteiger partial charge is 0.493 e. The molecule has 0 amide bonds. The first-order valence-electron chi connectivity index (χ1n) is 42.5. The third kappa shape index (κ3) is 42.4. The molecular formula is C91H158N2. The van der Waals surface area contributed by atoms with E-state index in [1.165, 1.54) is 406 Å². The Morgan fingerprint density at radius 2 is 0.516 bits per heavy atom. The normalized spacial score (nSPS) is 13.6. The van der Waals surface area contributed by atoms with E-state index in [-0.39, 0.29) is 0 Å². The third-order valence-electron chi connectivity index (χ3n) is 21.5. The molecule has 0 saturated carbocycles. The zero-order valence-corrected chi connectivity index (χ0v) is 63.5. The van der Waals surface area contributed by atoms with Crippen molar-refractivity contribution in [3.8, 4) is 0 Å². The highest BCUT2D eigenvalue weighted by molar-refractivity contribution is 5.83. The highest BCUT2D eigenvalue weighted by Gasteiger charge is 2.37. The molecule has 0 aliphatic carbocycles. The number of hydrogen-bond acceptors (Lipinski definition) is 0. The van der Waals surface area contributed by atoms with Crippen LogP contribution in [0, 0.1) is 11.8 Å². The van der Waals surface area contributed by atoms with Crippen LogP contribution in [0.2, 0.25) is 0 Å². The van der Waals surface area contributed by atoms with E-state index in [4.69, 9.17) is 0 Å². The lowest BCUT2D eigenvalue weighted by Gasteiger charge is -2.18. The molecule has 2 aromatic rings. The number of allylic oxidation sites excluding steroid dienone is 6. The molecular weight excluding hydrogens is 1120 g/mol. The van der Waals surface area contributed by atoms with Crippen LogP contribution in [0.5, 0.6) is 0 Å². The minimum atomic E-state index is 0.690. The molecule has 93 heavy (non-hydrogen) atoms. The van der Waals surface area contributed by atoms with Gasteiger partial charge in [-0.3, -0.25) is 0 Å². The molecule has 532 valence electrons. The molecule has 0 bridgehead atoms. The van der Waals surface area contributed by atoms with Gasteiger partial charge in [0.25, 0.3) is 0 Å². The first-order valence-corrected chi connectivity index (χ1v) is 42.5. The highest BCUT2D eigenvalue weighted by atomic mass is 15.2. The van der Waals surface area contributed by atoms with Crippen molar-refractivity contribution < 1.29 is 4.70 Å². The van der Waals surface area contributed by atoms with Gasteiger partial charge in [-0.25, -0.2) is 4.70 Å². The van der Waals surface area contributed by atoms with Crippen LogP contribution in [0.1, 0.15) is 455 Å². The van der Waals surface area contributed by atoms with Gasteiger partial charge in [0, 0.05) is 22.3 Å². The molecule has 2 atom stereocenters. The van der Waals surface area contributed by atoms with Crippen molar-refractivity contribution >= 4 is 11.4 Å². The van der Waals surface area contributed by atoms with E-state index in [0.29, 0.717) is 11.8 Å². The number of hydrogen-bond donors (Lipinski definition) is 0. The molecule has 0 N–H and O–H groups in total. The van der Waals surface area contributed by atoms with Crippen molar-refractivity contribution in [1.82, 2.24) is 0 Å². The topological polar surface area (TPSA) is 25.3 Å². The quantitative estimate of drug-likeness (QED) is 0.0358. The van der Waals surface area contributed by atoms with Crippen molar-refractivity contribution in [3.05, 3.63) is 112 Å². The van der Waals surface area contributed by atoms with E-state index in [0.717, 1.165) is 43.5 Å². The molecule has 3 rings (SSSR count). The molecule has 2 nitrogen and oxygen atoms in total.